The van der Waals surface area contributed by atoms with Crippen LogP contribution < -0.4 is 0 Å². The van der Waals surface area contributed by atoms with Crippen LogP contribution in [0.3, 0.4) is 0 Å². The highest BCUT2D eigenvalue weighted by Crippen LogP contribution is 2.16. The molecule has 0 aliphatic carbocycles. The normalized spacial score (nSPS) is 28.3. The quantitative estimate of drug-likeness (QED) is 0.687. The zero-order valence-corrected chi connectivity index (χ0v) is 9.93. The van der Waals surface area contributed by atoms with Crippen LogP contribution in [0, 0.1) is 11.3 Å². The Morgan fingerprint density at radius 2 is 2.41 bits per heavy atom. The van der Waals surface area contributed by atoms with E-state index in [1.807, 2.05) is 6.07 Å². The summed E-state index contributed by atoms with van der Waals surface area (Å²) in [4.78, 5) is 4.92. The van der Waals surface area contributed by atoms with Crippen molar-refractivity contribution in [2.45, 2.75) is 50.9 Å². The number of nitrogens with zero attached hydrogens (tertiary/aromatic N) is 2. The molecule has 0 N–H and O–H groups in total. The van der Waals surface area contributed by atoms with Crippen molar-refractivity contribution in [2.75, 3.05) is 13.2 Å². The third-order valence-electron chi connectivity index (χ3n) is 2.93. The summed E-state index contributed by atoms with van der Waals surface area (Å²) in [5, 5.41) is 12.5. The maximum absolute atomic E-state index is 8.64. The van der Waals surface area contributed by atoms with Gasteiger partial charge in [0.15, 0.2) is 6.29 Å². The van der Waals surface area contributed by atoms with Gasteiger partial charge in [0, 0.05) is 13.0 Å². The van der Waals surface area contributed by atoms with E-state index in [0.717, 1.165) is 38.0 Å². The van der Waals surface area contributed by atoms with Crippen LogP contribution >= 0.6 is 0 Å². The zero-order chi connectivity index (χ0) is 11.9. The second-order valence-electron chi connectivity index (χ2n) is 4.36. The summed E-state index contributed by atoms with van der Waals surface area (Å²) < 4.78 is 11.1. The molecular formula is C12H18N2O3. The number of nitriles is 1. The van der Waals surface area contributed by atoms with Crippen molar-refractivity contribution >= 4 is 5.71 Å². The molecule has 2 atom stereocenters. The number of hydrogen-bond donors (Lipinski definition) is 0. The maximum atomic E-state index is 8.64. The summed E-state index contributed by atoms with van der Waals surface area (Å²) in [5.74, 6) is 0. The highest BCUT2D eigenvalue weighted by Gasteiger charge is 2.20. The Balaban J connectivity index is 1.53. The van der Waals surface area contributed by atoms with E-state index in [0.29, 0.717) is 13.0 Å². The lowest BCUT2D eigenvalue weighted by Gasteiger charge is -2.22. The molecule has 0 amide bonds. The van der Waals surface area contributed by atoms with Crippen LogP contribution in [-0.4, -0.2) is 31.3 Å². The monoisotopic (exact) mass is 238 g/mol. The molecule has 2 unspecified atom stereocenters. The topological polar surface area (TPSA) is 63.8 Å². The van der Waals surface area contributed by atoms with Crippen LogP contribution in [0.15, 0.2) is 5.16 Å². The second-order valence-corrected chi connectivity index (χ2v) is 4.36. The van der Waals surface area contributed by atoms with Crippen LogP contribution in [0.1, 0.15) is 38.5 Å². The molecule has 2 aliphatic heterocycles. The standard InChI is InChI=1S/C12H18N2O3/c13-9-11-8-10(14-17-11)4-3-7-16-12-5-1-2-6-15-12/h11-12H,1-8H2. The fourth-order valence-electron chi connectivity index (χ4n) is 1.98. The van der Waals surface area contributed by atoms with Crippen molar-refractivity contribution in [2.24, 2.45) is 5.16 Å². The second kappa shape index (κ2) is 6.58. The Bertz CT molecular complexity index is 305. The number of rotatable bonds is 5. The first-order valence-corrected chi connectivity index (χ1v) is 6.23. The molecule has 5 nitrogen and oxygen atoms in total. The first kappa shape index (κ1) is 12.3. The molecule has 1 fully saturated rings. The SMILES string of the molecule is N#CC1CC(CCCOC2CCCCO2)=NO1. The lowest BCUT2D eigenvalue weighted by atomic mass is 10.1. The van der Waals surface area contributed by atoms with Gasteiger partial charge in [0.2, 0.25) is 6.10 Å². The maximum Gasteiger partial charge on any atom is 0.217 e. The van der Waals surface area contributed by atoms with E-state index in [2.05, 4.69) is 5.16 Å². The van der Waals surface area contributed by atoms with Gasteiger partial charge in [-0.15, -0.1) is 0 Å². The van der Waals surface area contributed by atoms with Gasteiger partial charge in [-0.05, 0) is 32.1 Å². The largest absolute Gasteiger partial charge is 0.377 e. The molecule has 0 aromatic carbocycles. The summed E-state index contributed by atoms with van der Waals surface area (Å²) >= 11 is 0. The summed E-state index contributed by atoms with van der Waals surface area (Å²) in [6, 6.07) is 2.05. The van der Waals surface area contributed by atoms with Gasteiger partial charge in [-0.25, -0.2) is 0 Å². The highest BCUT2D eigenvalue weighted by atomic mass is 16.7. The van der Waals surface area contributed by atoms with Crippen molar-refractivity contribution in [3.63, 3.8) is 0 Å². The molecule has 17 heavy (non-hydrogen) atoms. The zero-order valence-electron chi connectivity index (χ0n) is 9.93. The summed E-state index contributed by atoms with van der Waals surface area (Å²) in [7, 11) is 0. The van der Waals surface area contributed by atoms with Crippen molar-refractivity contribution < 1.29 is 14.3 Å². The minimum absolute atomic E-state index is 0.0163. The predicted molar refractivity (Wildman–Crippen MR) is 61.3 cm³/mol. The molecule has 0 saturated carbocycles. The van der Waals surface area contributed by atoms with E-state index in [4.69, 9.17) is 19.6 Å². The molecule has 94 valence electrons. The molecule has 0 spiro atoms. The molecule has 0 radical (unpaired) electrons. The third-order valence-corrected chi connectivity index (χ3v) is 2.93. The molecule has 2 heterocycles. The van der Waals surface area contributed by atoms with Gasteiger partial charge in [0.25, 0.3) is 0 Å². The summed E-state index contributed by atoms with van der Waals surface area (Å²) in [5.41, 5.74) is 0.963. The van der Waals surface area contributed by atoms with E-state index in [9.17, 15) is 0 Å². The highest BCUT2D eigenvalue weighted by molar-refractivity contribution is 5.85. The number of ether oxygens (including phenoxy) is 2. The Morgan fingerprint density at radius 1 is 1.47 bits per heavy atom. The van der Waals surface area contributed by atoms with Gasteiger partial charge >= 0.3 is 0 Å². The Labute approximate surface area is 101 Å². The number of hydrogen-bond acceptors (Lipinski definition) is 5. The van der Waals surface area contributed by atoms with Gasteiger partial charge in [-0.1, -0.05) is 5.16 Å². The van der Waals surface area contributed by atoms with Crippen molar-refractivity contribution in [3.8, 4) is 6.07 Å². The van der Waals surface area contributed by atoms with Crippen LogP contribution in [0.25, 0.3) is 0 Å². The van der Waals surface area contributed by atoms with E-state index in [1.54, 1.807) is 0 Å². The molecule has 2 aliphatic rings. The van der Waals surface area contributed by atoms with Crippen molar-refractivity contribution in [1.29, 1.82) is 5.26 Å². The fraction of sp³-hybridized carbons (Fsp3) is 0.833. The molecule has 1 saturated heterocycles. The fourth-order valence-corrected chi connectivity index (χ4v) is 1.98. The van der Waals surface area contributed by atoms with Gasteiger partial charge in [0.05, 0.1) is 12.3 Å². The van der Waals surface area contributed by atoms with Gasteiger partial charge < -0.3 is 14.3 Å². The lowest BCUT2D eigenvalue weighted by Crippen LogP contribution is -2.22. The molecule has 0 aromatic heterocycles. The first-order valence-electron chi connectivity index (χ1n) is 6.23. The average molecular weight is 238 g/mol. The van der Waals surface area contributed by atoms with E-state index >= 15 is 0 Å². The molecule has 0 aromatic rings. The molecule has 5 heteroatoms. The minimum Gasteiger partial charge on any atom is -0.377 e. The summed E-state index contributed by atoms with van der Waals surface area (Å²) in [6.07, 6.45) is 5.31. The lowest BCUT2D eigenvalue weighted by molar-refractivity contribution is -0.162. The van der Waals surface area contributed by atoms with Crippen LogP contribution in [0.5, 0.6) is 0 Å². The van der Waals surface area contributed by atoms with Gasteiger partial charge in [0.1, 0.15) is 6.07 Å². The minimum atomic E-state index is -0.382. The van der Waals surface area contributed by atoms with Crippen LogP contribution in [0.2, 0.25) is 0 Å². The van der Waals surface area contributed by atoms with Gasteiger partial charge in [-0.3, -0.25) is 0 Å². The Kier molecular flexibility index (Phi) is 4.77. The Morgan fingerprint density at radius 3 is 3.12 bits per heavy atom. The van der Waals surface area contributed by atoms with Crippen LogP contribution in [0.4, 0.5) is 0 Å². The molecule has 0 bridgehead atoms. The molecule has 2 rings (SSSR count). The molecular weight excluding hydrogens is 220 g/mol. The first-order chi connectivity index (χ1) is 8.38. The van der Waals surface area contributed by atoms with E-state index < -0.39 is 0 Å². The predicted octanol–water partition coefficient (Wildman–Crippen LogP) is 1.98. The van der Waals surface area contributed by atoms with E-state index in [-0.39, 0.29) is 12.4 Å². The number of oxime groups is 1. The smallest absolute Gasteiger partial charge is 0.217 e. The van der Waals surface area contributed by atoms with Crippen molar-refractivity contribution in [1.82, 2.24) is 0 Å². The van der Waals surface area contributed by atoms with Crippen molar-refractivity contribution in [3.05, 3.63) is 0 Å². The third kappa shape index (κ3) is 3.99. The Hall–Kier alpha value is -1.12. The summed E-state index contributed by atoms with van der Waals surface area (Å²) in [6.45, 7) is 1.50. The van der Waals surface area contributed by atoms with Gasteiger partial charge in [-0.2, -0.15) is 5.26 Å². The average Bonchev–Trinajstić information content (AvgIpc) is 2.84. The van der Waals surface area contributed by atoms with E-state index in [1.165, 1.54) is 6.42 Å². The van der Waals surface area contributed by atoms with Crippen LogP contribution in [-0.2, 0) is 14.3 Å².